The van der Waals surface area contributed by atoms with Gasteiger partial charge in [0.15, 0.2) is 0 Å². The van der Waals surface area contributed by atoms with E-state index in [0.29, 0.717) is 19.4 Å². The molecule has 9 heteroatoms. The van der Waals surface area contributed by atoms with E-state index in [0.717, 1.165) is 22.9 Å². The van der Waals surface area contributed by atoms with E-state index in [9.17, 15) is 24.5 Å². The number of carbonyl (C=O) groups excluding carboxylic acids is 1. The normalized spacial score (nSPS) is 18.0. The molecule has 1 amide bonds. The Morgan fingerprint density at radius 3 is 2.77 bits per heavy atom. The smallest absolute Gasteiger partial charge is 0.308 e. The fourth-order valence-electron chi connectivity index (χ4n) is 2.40. The van der Waals surface area contributed by atoms with Crippen LogP contribution in [0.4, 0.5) is 5.69 Å². The zero-order valence-corrected chi connectivity index (χ0v) is 11.7. The summed E-state index contributed by atoms with van der Waals surface area (Å²) in [5.74, 6) is -1.99. The third-order valence-electron chi connectivity index (χ3n) is 3.61. The minimum absolute atomic E-state index is 0.0951. The number of nitrogens with zero attached hydrogens (tertiary/aromatic N) is 3. The molecule has 2 heterocycles. The van der Waals surface area contributed by atoms with Crippen LogP contribution >= 0.6 is 0 Å². The van der Waals surface area contributed by atoms with Crippen LogP contribution in [0.25, 0.3) is 0 Å². The van der Waals surface area contributed by atoms with E-state index in [-0.39, 0.29) is 18.8 Å². The molecular formula is C13H15N3O6. The summed E-state index contributed by atoms with van der Waals surface area (Å²) in [5, 5.41) is 19.7. The number of hydrogen-bond acceptors (Lipinski definition) is 5. The van der Waals surface area contributed by atoms with Crippen molar-refractivity contribution in [2.75, 3.05) is 13.1 Å². The predicted molar refractivity (Wildman–Crippen MR) is 74.3 cm³/mol. The largest absolute Gasteiger partial charge is 0.481 e. The Balaban J connectivity index is 2.11. The lowest BCUT2D eigenvalue weighted by molar-refractivity contribution is -0.385. The summed E-state index contributed by atoms with van der Waals surface area (Å²) in [6.45, 7) is 0.178. The Morgan fingerprint density at radius 1 is 1.41 bits per heavy atom. The predicted octanol–water partition coefficient (Wildman–Crippen LogP) is 0.0797. The SMILES string of the molecule is O=C(O)[C@H]1CCCN(C(=O)Cn2cc([N+](=O)[O-])ccc2=O)C1. The molecule has 22 heavy (non-hydrogen) atoms. The maximum absolute atomic E-state index is 12.2. The standard InChI is InChI=1S/C13H15N3O6/c17-11-4-3-10(16(21)22)7-15(11)8-12(18)14-5-1-2-9(6-14)13(19)20/h3-4,7,9H,1-2,5-6,8H2,(H,19,20)/t9-/m0/s1. The Hall–Kier alpha value is -2.71. The maximum atomic E-state index is 12.2. The molecule has 1 saturated heterocycles. The van der Waals surface area contributed by atoms with Gasteiger partial charge in [-0.15, -0.1) is 0 Å². The molecule has 0 aliphatic carbocycles. The van der Waals surface area contributed by atoms with Gasteiger partial charge in [0, 0.05) is 25.2 Å². The lowest BCUT2D eigenvalue weighted by atomic mass is 9.98. The first-order valence-corrected chi connectivity index (χ1v) is 6.74. The Kier molecular flexibility index (Phi) is 4.54. The molecule has 0 radical (unpaired) electrons. The minimum Gasteiger partial charge on any atom is -0.481 e. The van der Waals surface area contributed by atoms with E-state index in [1.165, 1.54) is 4.90 Å². The monoisotopic (exact) mass is 309 g/mol. The lowest BCUT2D eigenvalue weighted by Gasteiger charge is -2.30. The number of likely N-dealkylation sites (tertiary alicyclic amines) is 1. The summed E-state index contributed by atoms with van der Waals surface area (Å²) in [5.41, 5.74) is -0.805. The molecule has 9 nitrogen and oxygen atoms in total. The molecule has 1 aromatic rings. The average Bonchev–Trinajstić information content (AvgIpc) is 2.49. The van der Waals surface area contributed by atoms with Crippen molar-refractivity contribution >= 4 is 17.6 Å². The van der Waals surface area contributed by atoms with Gasteiger partial charge in [-0.05, 0) is 12.8 Å². The molecule has 1 aliphatic heterocycles. The van der Waals surface area contributed by atoms with E-state index >= 15 is 0 Å². The van der Waals surface area contributed by atoms with Crippen molar-refractivity contribution in [3.63, 3.8) is 0 Å². The van der Waals surface area contributed by atoms with Gasteiger partial charge in [0.05, 0.1) is 17.0 Å². The van der Waals surface area contributed by atoms with Gasteiger partial charge in [0.25, 0.3) is 11.2 Å². The Labute approximate surface area is 124 Å². The number of pyridine rings is 1. The molecule has 118 valence electrons. The highest BCUT2D eigenvalue weighted by Crippen LogP contribution is 2.17. The van der Waals surface area contributed by atoms with E-state index in [1.54, 1.807) is 0 Å². The van der Waals surface area contributed by atoms with Crippen LogP contribution in [0.1, 0.15) is 12.8 Å². The van der Waals surface area contributed by atoms with Crippen LogP contribution in [0.2, 0.25) is 0 Å². The number of nitro groups is 1. The summed E-state index contributed by atoms with van der Waals surface area (Å²) < 4.78 is 0.963. The summed E-state index contributed by atoms with van der Waals surface area (Å²) in [4.78, 5) is 46.3. The second-order valence-electron chi connectivity index (χ2n) is 5.13. The fourth-order valence-corrected chi connectivity index (χ4v) is 2.40. The number of carboxylic acids is 1. The maximum Gasteiger partial charge on any atom is 0.308 e. The van der Waals surface area contributed by atoms with Gasteiger partial charge in [-0.1, -0.05) is 0 Å². The zero-order chi connectivity index (χ0) is 16.3. The van der Waals surface area contributed by atoms with Crippen molar-refractivity contribution in [1.29, 1.82) is 0 Å². The second kappa shape index (κ2) is 6.37. The zero-order valence-electron chi connectivity index (χ0n) is 11.7. The third-order valence-corrected chi connectivity index (χ3v) is 3.61. The number of piperidine rings is 1. The van der Waals surface area contributed by atoms with Gasteiger partial charge in [-0.25, -0.2) is 0 Å². The summed E-state index contributed by atoms with van der Waals surface area (Å²) in [7, 11) is 0. The molecule has 1 aromatic heterocycles. The van der Waals surface area contributed by atoms with Crippen molar-refractivity contribution in [3.05, 3.63) is 38.8 Å². The van der Waals surface area contributed by atoms with Crippen molar-refractivity contribution < 1.29 is 19.6 Å². The molecule has 1 fully saturated rings. The highest BCUT2D eigenvalue weighted by Gasteiger charge is 2.28. The van der Waals surface area contributed by atoms with Crippen molar-refractivity contribution in [1.82, 2.24) is 9.47 Å². The first-order chi connectivity index (χ1) is 10.4. The average molecular weight is 309 g/mol. The van der Waals surface area contributed by atoms with Crippen molar-refractivity contribution in [3.8, 4) is 0 Å². The molecule has 1 aliphatic rings. The summed E-state index contributed by atoms with van der Waals surface area (Å²) >= 11 is 0. The van der Waals surface area contributed by atoms with Gasteiger partial charge in [0.2, 0.25) is 5.91 Å². The van der Waals surface area contributed by atoms with Crippen molar-refractivity contribution in [2.45, 2.75) is 19.4 Å². The number of amides is 1. The highest BCUT2D eigenvalue weighted by molar-refractivity contribution is 5.78. The van der Waals surface area contributed by atoms with Crippen LogP contribution in [0.5, 0.6) is 0 Å². The van der Waals surface area contributed by atoms with Crippen LogP contribution in [0, 0.1) is 16.0 Å². The summed E-state index contributed by atoms with van der Waals surface area (Å²) in [6.07, 6.45) is 2.10. The van der Waals surface area contributed by atoms with E-state index in [4.69, 9.17) is 5.11 Å². The number of aliphatic carboxylic acids is 1. The Morgan fingerprint density at radius 2 is 2.14 bits per heavy atom. The molecular weight excluding hydrogens is 294 g/mol. The van der Waals surface area contributed by atoms with Gasteiger partial charge >= 0.3 is 5.97 Å². The topological polar surface area (TPSA) is 123 Å². The van der Waals surface area contributed by atoms with Gasteiger partial charge in [-0.2, -0.15) is 0 Å². The van der Waals surface area contributed by atoms with Crippen LogP contribution in [0.15, 0.2) is 23.1 Å². The first kappa shape index (κ1) is 15.7. The number of hydrogen-bond donors (Lipinski definition) is 1. The first-order valence-electron chi connectivity index (χ1n) is 6.74. The van der Waals surface area contributed by atoms with Crippen LogP contribution in [-0.2, 0) is 16.1 Å². The van der Waals surface area contributed by atoms with Crippen LogP contribution in [-0.4, -0.2) is 44.5 Å². The van der Waals surface area contributed by atoms with E-state index in [2.05, 4.69) is 0 Å². The second-order valence-corrected chi connectivity index (χ2v) is 5.13. The number of rotatable bonds is 4. The molecule has 1 atom stereocenters. The van der Waals surface area contributed by atoms with E-state index in [1.807, 2.05) is 0 Å². The molecule has 1 N–H and O–H groups in total. The summed E-state index contributed by atoms with van der Waals surface area (Å²) in [6, 6.07) is 2.10. The molecule has 0 bridgehead atoms. The number of carbonyl (C=O) groups is 2. The van der Waals surface area contributed by atoms with Gasteiger partial charge in [0.1, 0.15) is 6.54 Å². The van der Waals surface area contributed by atoms with Crippen LogP contribution in [0.3, 0.4) is 0 Å². The molecule has 2 rings (SSSR count). The fraction of sp³-hybridized carbons (Fsp3) is 0.462. The van der Waals surface area contributed by atoms with E-state index < -0.39 is 28.3 Å². The molecule has 0 unspecified atom stereocenters. The van der Waals surface area contributed by atoms with Gasteiger partial charge in [-0.3, -0.25) is 29.1 Å². The lowest BCUT2D eigenvalue weighted by Crippen LogP contribution is -2.44. The highest BCUT2D eigenvalue weighted by atomic mass is 16.6. The van der Waals surface area contributed by atoms with Crippen molar-refractivity contribution in [2.24, 2.45) is 5.92 Å². The van der Waals surface area contributed by atoms with Crippen LogP contribution < -0.4 is 5.56 Å². The minimum atomic E-state index is -0.954. The molecule has 0 saturated carbocycles. The molecule has 0 spiro atoms. The number of carboxylic acid groups (broad SMARTS) is 1. The van der Waals surface area contributed by atoms with Gasteiger partial charge < -0.3 is 10.0 Å². The quantitative estimate of drug-likeness (QED) is 0.620. The molecule has 0 aromatic carbocycles. The third kappa shape index (κ3) is 3.48. The number of aromatic nitrogens is 1. The Bertz CT molecular complexity index is 668.